The Morgan fingerprint density at radius 3 is 2.14 bits per heavy atom. The predicted molar refractivity (Wildman–Crippen MR) is 138 cm³/mol. The molecule has 0 aliphatic heterocycles. The number of carbonyl (C=O) groups is 3. The molecule has 0 spiro atoms. The van der Waals surface area contributed by atoms with Crippen molar-refractivity contribution in [2.45, 2.75) is 32.4 Å². The van der Waals surface area contributed by atoms with Crippen molar-refractivity contribution in [1.82, 2.24) is 21.2 Å². The van der Waals surface area contributed by atoms with Gasteiger partial charge in [0.25, 0.3) is 11.8 Å². The molecule has 6 N–H and O–H groups in total. The van der Waals surface area contributed by atoms with E-state index in [1.165, 1.54) is 10.4 Å². The molecule has 3 aromatic rings. The highest BCUT2D eigenvalue weighted by Gasteiger charge is 2.27. The van der Waals surface area contributed by atoms with Gasteiger partial charge in [0.1, 0.15) is 6.04 Å². The van der Waals surface area contributed by atoms with Gasteiger partial charge in [-0.3, -0.25) is 20.0 Å². The van der Waals surface area contributed by atoms with Crippen LogP contribution >= 0.6 is 0 Å². The Hall–Kier alpha value is -3.99. The fraction of sp³-hybridized carbons (Fsp3) is 0.296. The fourth-order valence-electron chi connectivity index (χ4n) is 4.11. The minimum atomic E-state index is -1.67. The summed E-state index contributed by atoms with van der Waals surface area (Å²) in [6.45, 7) is 3.46. The molecule has 3 rings (SSSR count). The van der Waals surface area contributed by atoms with Crippen molar-refractivity contribution in [1.29, 1.82) is 0 Å². The monoisotopic (exact) mass is 508 g/mol. The number of urea groups is 1. The molecule has 10 nitrogen and oxygen atoms in total. The zero-order chi connectivity index (χ0) is 26.9. The topological polar surface area (TPSA) is 151 Å². The van der Waals surface area contributed by atoms with E-state index >= 15 is 0 Å². The van der Waals surface area contributed by atoms with Gasteiger partial charge in [0.2, 0.25) is 0 Å². The van der Waals surface area contributed by atoms with Gasteiger partial charge in [-0.05, 0) is 33.4 Å². The minimum absolute atomic E-state index is 0.0122. The molecule has 0 fully saturated rings. The van der Waals surface area contributed by atoms with Crippen molar-refractivity contribution in [3.05, 3.63) is 72.3 Å². The SMILES string of the molecule is CC(C)CN(CC(O)C(=O)NO)C(=O)N[C@@H](Cc1ccc(-c2cccc3ccccc23)cc1)C(=O)NO. The summed E-state index contributed by atoms with van der Waals surface area (Å²) in [6, 6.07) is 19.9. The quantitative estimate of drug-likeness (QED) is 0.183. The van der Waals surface area contributed by atoms with Crippen molar-refractivity contribution >= 4 is 28.6 Å². The Balaban J connectivity index is 1.77. The molecule has 0 aliphatic carbocycles. The molecule has 0 aliphatic rings. The number of benzene rings is 3. The van der Waals surface area contributed by atoms with Crippen LogP contribution in [-0.4, -0.2) is 63.5 Å². The standard InChI is InChI=1S/C27H32N4O6/c1-17(2)15-31(16-24(32)26(34)30-37)27(35)28-23(25(33)29-36)14-18-10-12-20(13-11-18)22-9-5-7-19-6-3-4-8-21(19)22/h3-13,17,23-24,32,36-37H,14-16H2,1-2H3,(H,28,35)(H,29,33)(H,30,34)/t23-,24?/m0/s1. The van der Waals surface area contributed by atoms with Crippen LogP contribution < -0.4 is 16.3 Å². The van der Waals surface area contributed by atoms with Crippen LogP contribution in [0.4, 0.5) is 4.79 Å². The molecule has 2 atom stereocenters. The third-order valence-corrected chi connectivity index (χ3v) is 5.90. The van der Waals surface area contributed by atoms with Crippen molar-refractivity contribution in [3.63, 3.8) is 0 Å². The number of aliphatic hydroxyl groups excluding tert-OH is 1. The summed E-state index contributed by atoms with van der Waals surface area (Å²) in [7, 11) is 0. The van der Waals surface area contributed by atoms with E-state index in [0.29, 0.717) is 0 Å². The van der Waals surface area contributed by atoms with E-state index in [-0.39, 0.29) is 18.9 Å². The van der Waals surface area contributed by atoms with E-state index in [2.05, 4.69) is 11.4 Å². The van der Waals surface area contributed by atoms with Gasteiger partial charge < -0.3 is 15.3 Å². The number of nitrogens with one attached hydrogen (secondary N) is 3. The second-order valence-corrected chi connectivity index (χ2v) is 9.20. The highest BCUT2D eigenvalue weighted by Crippen LogP contribution is 2.28. The number of rotatable bonds is 10. The largest absolute Gasteiger partial charge is 0.381 e. The Morgan fingerprint density at radius 2 is 1.49 bits per heavy atom. The number of amides is 4. The maximum Gasteiger partial charge on any atom is 0.318 e. The van der Waals surface area contributed by atoms with Crippen molar-refractivity contribution in [2.24, 2.45) is 5.92 Å². The average molecular weight is 509 g/mol. The van der Waals surface area contributed by atoms with Crippen LogP contribution in [0.1, 0.15) is 19.4 Å². The zero-order valence-electron chi connectivity index (χ0n) is 20.7. The Morgan fingerprint density at radius 1 is 0.838 bits per heavy atom. The van der Waals surface area contributed by atoms with Crippen molar-refractivity contribution in [3.8, 4) is 11.1 Å². The van der Waals surface area contributed by atoms with Gasteiger partial charge in [-0.25, -0.2) is 15.8 Å². The van der Waals surface area contributed by atoms with Crippen LogP contribution in [0.3, 0.4) is 0 Å². The van der Waals surface area contributed by atoms with Crippen molar-refractivity contribution < 1.29 is 29.9 Å². The Bertz CT molecular complexity index is 1230. The second-order valence-electron chi connectivity index (χ2n) is 9.20. The van der Waals surface area contributed by atoms with Crippen LogP contribution in [0.5, 0.6) is 0 Å². The summed E-state index contributed by atoms with van der Waals surface area (Å²) in [5, 5.41) is 32.7. The lowest BCUT2D eigenvalue weighted by molar-refractivity contribution is -0.138. The number of carbonyl (C=O) groups excluding carboxylic acids is 3. The molecule has 4 amide bonds. The highest BCUT2D eigenvalue weighted by atomic mass is 16.5. The van der Waals surface area contributed by atoms with E-state index in [1.807, 2.05) is 74.5 Å². The first-order valence-electron chi connectivity index (χ1n) is 11.9. The van der Waals surface area contributed by atoms with Gasteiger partial charge in [0.15, 0.2) is 6.10 Å². The maximum absolute atomic E-state index is 13.0. The number of fused-ring (bicyclic) bond motifs is 1. The maximum atomic E-state index is 13.0. The van der Waals surface area contributed by atoms with Gasteiger partial charge >= 0.3 is 6.03 Å². The zero-order valence-corrected chi connectivity index (χ0v) is 20.7. The van der Waals surface area contributed by atoms with Crippen molar-refractivity contribution in [2.75, 3.05) is 13.1 Å². The summed E-state index contributed by atoms with van der Waals surface area (Å²) >= 11 is 0. The van der Waals surface area contributed by atoms with E-state index in [4.69, 9.17) is 5.21 Å². The molecule has 1 unspecified atom stereocenters. The third kappa shape index (κ3) is 7.26. The number of hydrogen-bond acceptors (Lipinski definition) is 6. The van der Waals surface area contributed by atoms with Gasteiger partial charge in [0.05, 0.1) is 6.54 Å². The van der Waals surface area contributed by atoms with Crippen LogP contribution in [0.25, 0.3) is 21.9 Å². The Kier molecular flexibility index (Phi) is 9.56. The van der Waals surface area contributed by atoms with E-state index in [9.17, 15) is 24.7 Å². The first-order chi connectivity index (χ1) is 17.7. The molecular formula is C27H32N4O6. The van der Waals surface area contributed by atoms with Gasteiger partial charge in [0, 0.05) is 13.0 Å². The highest BCUT2D eigenvalue weighted by molar-refractivity contribution is 5.96. The fourth-order valence-corrected chi connectivity index (χ4v) is 4.11. The number of nitrogens with zero attached hydrogens (tertiary/aromatic N) is 1. The van der Waals surface area contributed by atoms with Crippen LogP contribution in [0.15, 0.2) is 66.7 Å². The second kappa shape index (κ2) is 12.8. The lowest BCUT2D eigenvalue weighted by Gasteiger charge is -2.28. The molecule has 196 valence electrons. The number of hydroxylamine groups is 2. The molecule has 0 saturated carbocycles. The molecule has 0 heterocycles. The smallest absolute Gasteiger partial charge is 0.318 e. The lowest BCUT2D eigenvalue weighted by atomic mass is 9.96. The number of hydrogen-bond donors (Lipinski definition) is 6. The van der Waals surface area contributed by atoms with Crippen LogP contribution in [0, 0.1) is 5.92 Å². The average Bonchev–Trinajstić information content (AvgIpc) is 2.91. The normalized spacial score (nSPS) is 12.6. The molecule has 0 bridgehead atoms. The first kappa shape index (κ1) is 27.6. The number of aliphatic hydroxyl groups is 1. The summed E-state index contributed by atoms with van der Waals surface area (Å²) in [4.78, 5) is 38.0. The minimum Gasteiger partial charge on any atom is -0.381 e. The lowest BCUT2D eigenvalue weighted by Crippen LogP contribution is -2.54. The molecule has 37 heavy (non-hydrogen) atoms. The third-order valence-electron chi connectivity index (χ3n) is 5.90. The van der Waals surface area contributed by atoms with E-state index in [0.717, 1.165) is 27.5 Å². The van der Waals surface area contributed by atoms with E-state index in [1.54, 1.807) is 5.48 Å². The molecule has 3 aromatic carbocycles. The molecule has 10 heteroatoms. The van der Waals surface area contributed by atoms with E-state index < -0.39 is 36.5 Å². The van der Waals surface area contributed by atoms with Crippen LogP contribution in [0.2, 0.25) is 0 Å². The van der Waals surface area contributed by atoms with Gasteiger partial charge in [-0.2, -0.15) is 0 Å². The van der Waals surface area contributed by atoms with Crippen LogP contribution in [-0.2, 0) is 16.0 Å². The summed E-state index contributed by atoms with van der Waals surface area (Å²) in [6.07, 6.45) is -1.58. The molecule has 0 saturated heterocycles. The Labute approximate surface area is 214 Å². The summed E-state index contributed by atoms with van der Waals surface area (Å²) in [5.74, 6) is -1.89. The predicted octanol–water partition coefficient (Wildman–Crippen LogP) is 2.46. The summed E-state index contributed by atoms with van der Waals surface area (Å²) < 4.78 is 0. The first-order valence-corrected chi connectivity index (χ1v) is 11.9. The molecule has 0 radical (unpaired) electrons. The molecule has 0 aromatic heterocycles. The van der Waals surface area contributed by atoms with Gasteiger partial charge in [-0.15, -0.1) is 0 Å². The summed E-state index contributed by atoms with van der Waals surface area (Å²) in [5.41, 5.74) is 5.73. The van der Waals surface area contributed by atoms with Gasteiger partial charge in [-0.1, -0.05) is 80.6 Å². The molecular weight excluding hydrogens is 476 g/mol.